The number of anilines is 1. The molecular weight excluding hydrogens is 462 g/mol. The smallest absolute Gasteiger partial charge is 0.294 e. The molecule has 3 aromatic rings. The zero-order valence-corrected chi connectivity index (χ0v) is 18.6. The number of halogens is 3. The van der Waals surface area contributed by atoms with E-state index in [-0.39, 0.29) is 10.6 Å². The first-order valence-electron chi connectivity index (χ1n) is 9.15. The van der Waals surface area contributed by atoms with Crippen molar-refractivity contribution in [1.29, 1.82) is 0 Å². The Balaban J connectivity index is 1.91. The van der Waals surface area contributed by atoms with Crippen molar-refractivity contribution in [2.45, 2.75) is 19.9 Å². The van der Waals surface area contributed by atoms with E-state index in [0.29, 0.717) is 31.9 Å². The summed E-state index contributed by atoms with van der Waals surface area (Å²) in [6, 6.07) is 8.92. The maximum atomic E-state index is 13.5. The summed E-state index contributed by atoms with van der Waals surface area (Å²) >= 11 is 13.4. The summed E-state index contributed by atoms with van der Waals surface area (Å²) in [5.41, 5.74) is 1.19. The molecule has 2 heterocycles. The second-order valence-corrected chi connectivity index (χ2v) is 8.98. The molecule has 0 spiro atoms. The molecule has 1 amide bonds. The van der Waals surface area contributed by atoms with Gasteiger partial charge in [0.1, 0.15) is 5.82 Å². The first-order chi connectivity index (χ1) is 14.7. The Hall–Kier alpha value is -2.74. The van der Waals surface area contributed by atoms with Crippen molar-refractivity contribution in [2.24, 2.45) is 0 Å². The third-order valence-corrected chi connectivity index (χ3v) is 6.74. The molecule has 1 aromatic heterocycles. The van der Waals surface area contributed by atoms with Gasteiger partial charge in [-0.2, -0.15) is 0 Å². The number of carbonyl (C=O) groups excluding carboxylic acids is 2. The fourth-order valence-corrected chi connectivity index (χ4v) is 4.75. The normalized spacial score (nSPS) is 16.4. The summed E-state index contributed by atoms with van der Waals surface area (Å²) in [5, 5.41) is 12.0. The van der Waals surface area contributed by atoms with Crippen LogP contribution in [0.25, 0.3) is 0 Å². The van der Waals surface area contributed by atoms with Gasteiger partial charge in [-0.1, -0.05) is 29.3 Å². The third kappa shape index (κ3) is 3.73. The van der Waals surface area contributed by atoms with Crippen molar-refractivity contribution in [3.05, 3.63) is 90.8 Å². The lowest BCUT2D eigenvalue weighted by atomic mass is 9.95. The van der Waals surface area contributed by atoms with Crippen LogP contribution in [0.5, 0.6) is 0 Å². The summed E-state index contributed by atoms with van der Waals surface area (Å²) in [5.74, 6) is -2.43. The van der Waals surface area contributed by atoms with Crippen LogP contribution >= 0.6 is 34.5 Å². The maximum absolute atomic E-state index is 13.5. The number of aliphatic hydroxyl groups excluding tert-OH is 1. The average molecular weight is 477 g/mol. The number of ketones is 1. The van der Waals surface area contributed by atoms with E-state index < -0.39 is 29.3 Å². The predicted molar refractivity (Wildman–Crippen MR) is 119 cm³/mol. The molecule has 0 fully saturated rings. The van der Waals surface area contributed by atoms with Gasteiger partial charge in [0.25, 0.3) is 5.91 Å². The van der Waals surface area contributed by atoms with Gasteiger partial charge < -0.3 is 5.11 Å². The molecule has 0 saturated heterocycles. The molecule has 1 unspecified atom stereocenters. The number of hydrogen-bond acceptors (Lipinski definition) is 5. The SMILES string of the molecule is Cc1nc(C)c(C(=O)C2=C(O)C(=O)N(c3ccc(F)cc3)C2c2ccc(Cl)c(Cl)c2)s1. The number of thiazole rings is 1. The molecule has 1 aliphatic heterocycles. The number of aromatic nitrogens is 1. The van der Waals surface area contributed by atoms with Gasteiger partial charge in [-0.3, -0.25) is 14.5 Å². The first-order valence-corrected chi connectivity index (χ1v) is 10.7. The number of hydrogen-bond donors (Lipinski definition) is 1. The average Bonchev–Trinajstić information content (AvgIpc) is 3.20. The first kappa shape index (κ1) is 21.5. The molecule has 1 atom stereocenters. The van der Waals surface area contributed by atoms with E-state index >= 15 is 0 Å². The molecular formula is C22H15Cl2FN2O3S. The van der Waals surface area contributed by atoms with Crippen LogP contribution in [-0.4, -0.2) is 21.8 Å². The lowest BCUT2D eigenvalue weighted by molar-refractivity contribution is -0.117. The maximum Gasteiger partial charge on any atom is 0.294 e. The number of Topliss-reactive ketones (excluding diaryl/α,β-unsaturated/α-hetero) is 1. The van der Waals surface area contributed by atoms with Crippen LogP contribution in [-0.2, 0) is 4.79 Å². The summed E-state index contributed by atoms with van der Waals surface area (Å²) < 4.78 is 13.5. The number of benzene rings is 2. The molecule has 0 radical (unpaired) electrons. The summed E-state index contributed by atoms with van der Waals surface area (Å²) in [4.78, 5) is 32.4. The predicted octanol–water partition coefficient (Wildman–Crippen LogP) is 5.99. The van der Waals surface area contributed by atoms with Gasteiger partial charge >= 0.3 is 0 Å². The van der Waals surface area contributed by atoms with E-state index in [0.717, 1.165) is 0 Å². The van der Waals surface area contributed by atoms with E-state index in [1.54, 1.807) is 26.0 Å². The number of nitrogens with zero attached hydrogens (tertiary/aromatic N) is 2. The number of carbonyl (C=O) groups is 2. The number of rotatable bonds is 4. The van der Waals surface area contributed by atoms with Crippen LogP contribution in [0, 0.1) is 19.7 Å². The monoisotopic (exact) mass is 476 g/mol. The largest absolute Gasteiger partial charge is 0.503 e. The lowest BCUT2D eigenvalue weighted by Crippen LogP contribution is -2.31. The van der Waals surface area contributed by atoms with Crippen molar-refractivity contribution in [3.63, 3.8) is 0 Å². The minimum absolute atomic E-state index is 0.0977. The standard InChI is InChI=1S/C22H15Cl2FN2O3S/c1-10-21(31-11(2)26-10)19(28)17-18(12-3-8-15(23)16(24)9-12)27(22(30)20(17)29)14-6-4-13(25)5-7-14/h3-9,18,29H,1-2H3. The molecule has 31 heavy (non-hydrogen) atoms. The van der Waals surface area contributed by atoms with Crippen LogP contribution < -0.4 is 4.90 Å². The molecule has 2 aromatic carbocycles. The second-order valence-electron chi connectivity index (χ2n) is 6.97. The summed E-state index contributed by atoms with van der Waals surface area (Å²) in [7, 11) is 0. The third-order valence-electron chi connectivity index (χ3n) is 4.93. The Bertz CT molecular complexity index is 1250. The Morgan fingerprint density at radius 1 is 1.13 bits per heavy atom. The fraction of sp³-hybridized carbons (Fsp3) is 0.136. The molecule has 0 bridgehead atoms. The van der Waals surface area contributed by atoms with Crippen LogP contribution in [0.4, 0.5) is 10.1 Å². The molecule has 0 saturated carbocycles. The zero-order valence-electron chi connectivity index (χ0n) is 16.3. The highest BCUT2D eigenvalue weighted by Crippen LogP contribution is 2.43. The minimum Gasteiger partial charge on any atom is -0.503 e. The van der Waals surface area contributed by atoms with Crippen molar-refractivity contribution in [2.75, 3.05) is 4.90 Å². The van der Waals surface area contributed by atoms with Crippen molar-refractivity contribution >= 4 is 51.9 Å². The van der Waals surface area contributed by atoms with Gasteiger partial charge in [0.05, 0.1) is 37.2 Å². The lowest BCUT2D eigenvalue weighted by Gasteiger charge is -2.27. The molecule has 0 aliphatic carbocycles. The quantitative estimate of drug-likeness (QED) is 0.469. The summed E-state index contributed by atoms with van der Waals surface area (Å²) in [6.07, 6.45) is 0. The van der Waals surface area contributed by atoms with E-state index in [1.165, 1.54) is 46.6 Å². The van der Waals surface area contributed by atoms with E-state index in [2.05, 4.69) is 4.98 Å². The topological polar surface area (TPSA) is 70.5 Å². The Morgan fingerprint density at radius 3 is 2.39 bits per heavy atom. The molecule has 5 nitrogen and oxygen atoms in total. The fourth-order valence-electron chi connectivity index (χ4n) is 3.57. The highest BCUT2D eigenvalue weighted by atomic mass is 35.5. The Labute approximate surface area is 191 Å². The highest BCUT2D eigenvalue weighted by molar-refractivity contribution is 7.14. The van der Waals surface area contributed by atoms with E-state index in [4.69, 9.17) is 23.2 Å². The van der Waals surface area contributed by atoms with Crippen LogP contribution in [0.2, 0.25) is 10.0 Å². The molecule has 1 N–H and O–H groups in total. The van der Waals surface area contributed by atoms with Crippen molar-refractivity contribution in [3.8, 4) is 0 Å². The van der Waals surface area contributed by atoms with Crippen molar-refractivity contribution in [1.82, 2.24) is 4.98 Å². The molecule has 1 aliphatic rings. The van der Waals surface area contributed by atoms with Gasteiger partial charge in [0.2, 0.25) is 5.78 Å². The Kier molecular flexibility index (Phi) is 5.60. The van der Waals surface area contributed by atoms with Gasteiger partial charge in [0, 0.05) is 5.69 Å². The molecule has 9 heteroatoms. The highest BCUT2D eigenvalue weighted by Gasteiger charge is 2.45. The minimum atomic E-state index is -0.984. The van der Waals surface area contributed by atoms with Crippen molar-refractivity contribution < 1.29 is 19.1 Å². The van der Waals surface area contributed by atoms with Crippen LogP contribution in [0.15, 0.2) is 53.8 Å². The van der Waals surface area contributed by atoms with Gasteiger partial charge in [-0.15, -0.1) is 11.3 Å². The Morgan fingerprint density at radius 2 is 1.81 bits per heavy atom. The zero-order chi connectivity index (χ0) is 22.4. The van der Waals surface area contributed by atoms with E-state index in [9.17, 15) is 19.1 Å². The molecule has 4 rings (SSSR count). The summed E-state index contributed by atoms with van der Waals surface area (Å²) in [6.45, 7) is 3.46. The van der Waals surface area contributed by atoms with E-state index in [1.807, 2.05) is 0 Å². The van der Waals surface area contributed by atoms with Gasteiger partial charge in [-0.05, 0) is 55.8 Å². The van der Waals surface area contributed by atoms with Gasteiger partial charge in [-0.25, -0.2) is 9.37 Å². The number of aliphatic hydroxyl groups is 1. The second kappa shape index (κ2) is 8.07. The van der Waals surface area contributed by atoms with Gasteiger partial charge in [0.15, 0.2) is 5.76 Å². The van der Waals surface area contributed by atoms with Crippen LogP contribution in [0.3, 0.4) is 0 Å². The molecule has 158 valence electrons. The van der Waals surface area contributed by atoms with Crippen LogP contribution in [0.1, 0.15) is 32.0 Å². The number of aryl methyl sites for hydroxylation is 2. The number of amides is 1.